The number of benzene rings is 1. The molecule has 2 fully saturated rings. The van der Waals surface area contributed by atoms with Crippen LogP contribution in [-0.4, -0.2) is 5.91 Å². The van der Waals surface area contributed by atoms with E-state index in [0.717, 1.165) is 30.2 Å². The van der Waals surface area contributed by atoms with E-state index in [-0.39, 0.29) is 17.5 Å². The molecule has 18 heavy (non-hydrogen) atoms. The third kappa shape index (κ3) is 2.12. The van der Waals surface area contributed by atoms with E-state index in [0.29, 0.717) is 6.54 Å². The van der Waals surface area contributed by atoms with E-state index in [1.807, 2.05) is 0 Å². The van der Waals surface area contributed by atoms with Gasteiger partial charge in [0.2, 0.25) is 5.91 Å². The Hall–Kier alpha value is -1.42. The Kier molecular flexibility index (Phi) is 2.82. The fourth-order valence-electron chi connectivity index (χ4n) is 2.95. The van der Waals surface area contributed by atoms with E-state index in [2.05, 4.69) is 5.32 Å². The van der Waals surface area contributed by atoms with Crippen molar-refractivity contribution in [3.05, 3.63) is 29.6 Å². The van der Waals surface area contributed by atoms with Gasteiger partial charge in [0, 0.05) is 12.5 Å². The minimum atomic E-state index is -0.408. The fourth-order valence-corrected chi connectivity index (χ4v) is 2.95. The molecule has 0 saturated heterocycles. The van der Waals surface area contributed by atoms with Gasteiger partial charge in [-0.05, 0) is 48.8 Å². The molecule has 0 aromatic heterocycles. The molecule has 3 N–H and O–H groups in total. The first kappa shape index (κ1) is 11.7. The summed E-state index contributed by atoms with van der Waals surface area (Å²) in [6.07, 6.45) is 3.22. The van der Waals surface area contributed by atoms with Crippen LogP contribution in [0.3, 0.4) is 0 Å². The summed E-state index contributed by atoms with van der Waals surface area (Å²) in [5.41, 5.74) is 6.43. The zero-order valence-electron chi connectivity index (χ0n) is 10.2. The van der Waals surface area contributed by atoms with Gasteiger partial charge >= 0.3 is 0 Å². The summed E-state index contributed by atoms with van der Waals surface area (Å²) in [7, 11) is 0. The lowest BCUT2D eigenvalue weighted by atomic mass is 10.0. The van der Waals surface area contributed by atoms with Crippen LogP contribution in [0, 0.1) is 23.6 Å². The molecule has 2 unspecified atom stereocenters. The van der Waals surface area contributed by atoms with Gasteiger partial charge in [0.1, 0.15) is 5.82 Å². The molecule has 2 aliphatic carbocycles. The molecule has 0 bridgehead atoms. The zero-order valence-corrected chi connectivity index (χ0v) is 10.2. The summed E-state index contributed by atoms with van der Waals surface area (Å²) in [6.45, 7) is 0.303. The number of fused-ring (bicyclic) bond motifs is 1. The van der Waals surface area contributed by atoms with Crippen molar-refractivity contribution in [3.63, 3.8) is 0 Å². The highest BCUT2D eigenvalue weighted by molar-refractivity contribution is 5.93. The largest absolute Gasteiger partial charge is 0.326 e. The number of carbonyl (C=O) groups is 1. The van der Waals surface area contributed by atoms with Gasteiger partial charge in [-0.2, -0.15) is 0 Å². The minimum absolute atomic E-state index is 0.0402. The lowest BCUT2D eigenvalue weighted by molar-refractivity contribution is -0.120. The summed E-state index contributed by atoms with van der Waals surface area (Å²) in [6, 6.07) is 4.71. The summed E-state index contributed by atoms with van der Waals surface area (Å²) in [5, 5.41) is 2.69. The maximum Gasteiger partial charge on any atom is 0.227 e. The molecule has 1 aromatic rings. The quantitative estimate of drug-likeness (QED) is 0.862. The number of carbonyl (C=O) groups excluding carboxylic acids is 1. The first-order chi connectivity index (χ1) is 8.67. The fraction of sp³-hybridized carbons (Fsp3) is 0.500. The van der Waals surface area contributed by atoms with E-state index in [1.165, 1.54) is 12.5 Å². The minimum Gasteiger partial charge on any atom is -0.326 e. The van der Waals surface area contributed by atoms with Crippen molar-refractivity contribution >= 4 is 11.6 Å². The number of hydrogen-bond donors (Lipinski definition) is 2. The first-order valence-corrected chi connectivity index (χ1v) is 6.46. The van der Waals surface area contributed by atoms with Crippen LogP contribution in [0.2, 0.25) is 0 Å². The van der Waals surface area contributed by atoms with Crippen molar-refractivity contribution in [1.82, 2.24) is 0 Å². The third-order valence-electron chi connectivity index (χ3n) is 4.14. The highest BCUT2D eigenvalue weighted by atomic mass is 19.1. The molecular weight excluding hydrogens is 231 g/mol. The van der Waals surface area contributed by atoms with E-state index < -0.39 is 5.82 Å². The Morgan fingerprint density at radius 1 is 1.33 bits per heavy atom. The molecule has 1 amide bonds. The van der Waals surface area contributed by atoms with Crippen molar-refractivity contribution in [3.8, 4) is 0 Å². The maximum atomic E-state index is 13.7. The van der Waals surface area contributed by atoms with Crippen molar-refractivity contribution < 1.29 is 9.18 Å². The summed E-state index contributed by atoms with van der Waals surface area (Å²) >= 11 is 0. The number of anilines is 1. The average Bonchev–Trinajstić information content (AvgIpc) is 2.98. The summed E-state index contributed by atoms with van der Waals surface area (Å²) in [5.74, 6) is 1.13. The van der Waals surface area contributed by atoms with E-state index >= 15 is 0 Å². The van der Waals surface area contributed by atoms with Crippen molar-refractivity contribution in [2.45, 2.75) is 25.8 Å². The summed E-state index contributed by atoms with van der Waals surface area (Å²) in [4.78, 5) is 12.0. The highest BCUT2D eigenvalue weighted by Gasteiger charge is 2.48. The Labute approximate surface area is 106 Å². The van der Waals surface area contributed by atoms with E-state index in [4.69, 9.17) is 5.73 Å². The number of halogens is 1. The second kappa shape index (κ2) is 4.35. The van der Waals surface area contributed by atoms with Crippen LogP contribution < -0.4 is 11.1 Å². The molecule has 0 aliphatic heterocycles. The van der Waals surface area contributed by atoms with Crippen molar-refractivity contribution in [2.24, 2.45) is 23.5 Å². The van der Waals surface area contributed by atoms with Crippen LogP contribution >= 0.6 is 0 Å². The molecule has 0 heterocycles. The molecule has 2 saturated carbocycles. The van der Waals surface area contributed by atoms with Gasteiger partial charge in [0.15, 0.2) is 0 Å². The molecule has 1 aromatic carbocycles. The van der Waals surface area contributed by atoms with Crippen molar-refractivity contribution in [1.29, 1.82) is 0 Å². The second-order valence-corrected chi connectivity index (χ2v) is 5.43. The zero-order chi connectivity index (χ0) is 12.7. The molecule has 4 heteroatoms. The van der Waals surface area contributed by atoms with Gasteiger partial charge in [-0.3, -0.25) is 4.79 Å². The molecule has 3 rings (SSSR count). The predicted molar refractivity (Wildman–Crippen MR) is 67.2 cm³/mol. The molecular formula is C14H17FN2O. The molecule has 96 valence electrons. The van der Waals surface area contributed by atoms with Gasteiger partial charge in [0.05, 0.1) is 5.69 Å². The van der Waals surface area contributed by atoms with Crippen molar-refractivity contribution in [2.75, 3.05) is 5.32 Å². The number of amides is 1. The number of hydrogen-bond acceptors (Lipinski definition) is 2. The maximum absolute atomic E-state index is 13.7. The van der Waals surface area contributed by atoms with Crippen LogP contribution in [0.1, 0.15) is 24.8 Å². The van der Waals surface area contributed by atoms with Crippen LogP contribution in [0.4, 0.5) is 10.1 Å². The van der Waals surface area contributed by atoms with E-state index in [1.54, 1.807) is 12.1 Å². The lowest BCUT2D eigenvalue weighted by Gasteiger charge is -2.13. The number of nitrogens with one attached hydrogen (secondary N) is 1. The third-order valence-corrected chi connectivity index (χ3v) is 4.14. The van der Waals surface area contributed by atoms with Crippen LogP contribution in [0.25, 0.3) is 0 Å². The van der Waals surface area contributed by atoms with Crippen LogP contribution in [0.15, 0.2) is 18.2 Å². The highest BCUT2D eigenvalue weighted by Crippen LogP contribution is 2.54. The Morgan fingerprint density at radius 2 is 2.06 bits per heavy atom. The second-order valence-electron chi connectivity index (χ2n) is 5.43. The topological polar surface area (TPSA) is 55.1 Å². The SMILES string of the molecule is NCc1ccc(NC(=O)C2CC3CC3C2)c(F)c1. The van der Waals surface area contributed by atoms with Crippen LogP contribution in [0.5, 0.6) is 0 Å². The number of nitrogens with two attached hydrogens (primary N) is 1. The van der Waals surface area contributed by atoms with Gasteiger partial charge in [0.25, 0.3) is 0 Å². The predicted octanol–water partition coefficient (Wildman–Crippen LogP) is 2.27. The standard InChI is InChI=1S/C14H17FN2O/c15-12-3-8(7-16)1-2-13(12)17-14(18)11-5-9-4-10(9)6-11/h1-3,9-11H,4-7,16H2,(H,17,18). The Morgan fingerprint density at radius 3 is 2.67 bits per heavy atom. The molecule has 3 nitrogen and oxygen atoms in total. The van der Waals surface area contributed by atoms with E-state index in [9.17, 15) is 9.18 Å². The average molecular weight is 248 g/mol. The molecule has 0 radical (unpaired) electrons. The summed E-state index contributed by atoms with van der Waals surface area (Å²) < 4.78 is 13.7. The first-order valence-electron chi connectivity index (χ1n) is 6.46. The monoisotopic (exact) mass is 248 g/mol. The van der Waals surface area contributed by atoms with Crippen LogP contribution in [-0.2, 0) is 11.3 Å². The number of rotatable bonds is 3. The molecule has 2 atom stereocenters. The Balaban J connectivity index is 1.66. The lowest BCUT2D eigenvalue weighted by Crippen LogP contribution is -2.22. The molecule has 0 spiro atoms. The van der Waals surface area contributed by atoms with Gasteiger partial charge in [-0.1, -0.05) is 6.07 Å². The molecule has 2 aliphatic rings. The van der Waals surface area contributed by atoms with Gasteiger partial charge < -0.3 is 11.1 Å². The Bertz CT molecular complexity index is 479. The normalized spacial score (nSPS) is 28.9. The van der Waals surface area contributed by atoms with Gasteiger partial charge in [-0.25, -0.2) is 4.39 Å². The smallest absolute Gasteiger partial charge is 0.227 e. The van der Waals surface area contributed by atoms with Gasteiger partial charge in [-0.15, -0.1) is 0 Å².